The number of nitrogens with zero attached hydrogens (tertiary/aromatic N) is 1. The van der Waals surface area contributed by atoms with Gasteiger partial charge in [-0.15, -0.1) is 0 Å². The standard InChI is InChI=1S/C16H14N2O2/c1-12-14(10-17)8-5-9-15(12)18-16(19)20-11-13-6-3-2-4-7-13/h2-9H,11H2,1H3,(H,18,19). The molecule has 0 spiro atoms. The second-order valence-corrected chi connectivity index (χ2v) is 4.28. The first-order valence-corrected chi connectivity index (χ1v) is 6.18. The van der Waals surface area contributed by atoms with E-state index in [0.717, 1.165) is 11.1 Å². The van der Waals surface area contributed by atoms with E-state index in [9.17, 15) is 4.79 Å². The first-order valence-electron chi connectivity index (χ1n) is 6.18. The highest BCUT2D eigenvalue weighted by atomic mass is 16.5. The van der Waals surface area contributed by atoms with Gasteiger partial charge in [-0.1, -0.05) is 36.4 Å². The van der Waals surface area contributed by atoms with Gasteiger partial charge in [0.25, 0.3) is 0 Å². The topological polar surface area (TPSA) is 62.1 Å². The van der Waals surface area contributed by atoms with Crippen molar-refractivity contribution in [3.63, 3.8) is 0 Å². The van der Waals surface area contributed by atoms with Crippen LogP contribution >= 0.6 is 0 Å². The molecule has 0 aliphatic rings. The van der Waals surface area contributed by atoms with Crippen molar-refractivity contribution in [2.45, 2.75) is 13.5 Å². The van der Waals surface area contributed by atoms with Crippen molar-refractivity contribution in [3.8, 4) is 6.07 Å². The van der Waals surface area contributed by atoms with Crippen molar-refractivity contribution in [2.24, 2.45) is 0 Å². The van der Waals surface area contributed by atoms with Gasteiger partial charge in [-0.25, -0.2) is 4.79 Å². The molecule has 0 fully saturated rings. The minimum atomic E-state index is -0.535. The monoisotopic (exact) mass is 266 g/mol. The number of nitriles is 1. The van der Waals surface area contributed by atoms with Gasteiger partial charge in [0.2, 0.25) is 0 Å². The Balaban J connectivity index is 1.97. The maximum atomic E-state index is 11.7. The van der Waals surface area contributed by atoms with Gasteiger partial charge in [0.05, 0.1) is 11.6 Å². The van der Waals surface area contributed by atoms with Crippen molar-refractivity contribution in [3.05, 3.63) is 65.2 Å². The average molecular weight is 266 g/mol. The number of carbonyl (C=O) groups is 1. The van der Waals surface area contributed by atoms with Crippen molar-refractivity contribution in [1.29, 1.82) is 5.26 Å². The number of hydrogen-bond acceptors (Lipinski definition) is 3. The molecule has 20 heavy (non-hydrogen) atoms. The molecule has 0 saturated heterocycles. The maximum Gasteiger partial charge on any atom is 0.411 e. The fourth-order valence-corrected chi connectivity index (χ4v) is 1.76. The van der Waals surface area contributed by atoms with Crippen LogP contribution in [0.1, 0.15) is 16.7 Å². The summed E-state index contributed by atoms with van der Waals surface area (Å²) in [5.74, 6) is 0. The van der Waals surface area contributed by atoms with Crippen LogP contribution in [-0.2, 0) is 11.3 Å². The van der Waals surface area contributed by atoms with Crippen molar-refractivity contribution >= 4 is 11.8 Å². The maximum absolute atomic E-state index is 11.7. The fourth-order valence-electron chi connectivity index (χ4n) is 1.76. The lowest BCUT2D eigenvalue weighted by molar-refractivity contribution is 0.155. The van der Waals surface area contributed by atoms with Gasteiger partial charge in [-0.2, -0.15) is 5.26 Å². The Labute approximate surface area is 117 Å². The number of nitrogens with one attached hydrogen (secondary N) is 1. The van der Waals surface area contributed by atoms with Crippen molar-refractivity contribution in [2.75, 3.05) is 5.32 Å². The third-order valence-corrected chi connectivity index (χ3v) is 2.90. The predicted octanol–water partition coefficient (Wildman–Crippen LogP) is 3.62. The zero-order valence-corrected chi connectivity index (χ0v) is 11.1. The highest BCUT2D eigenvalue weighted by Crippen LogP contribution is 2.18. The molecule has 0 aliphatic heterocycles. The molecule has 2 rings (SSSR count). The third-order valence-electron chi connectivity index (χ3n) is 2.90. The molecule has 1 amide bonds. The predicted molar refractivity (Wildman–Crippen MR) is 76.1 cm³/mol. The smallest absolute Gasteiger partial charge is 0.411 e. The summed E-state index contributed by atoms with van der Waals surface area (Å²) in [4.78, 5) is 11.7. The SMILES string of the molecule is Cc1c(C#N)cccc1NC(=O)OCc1ccccc1. The summed E-state index contributed by atoms with van der Waals surface area (Å²) < 4.78 is 5.13. The van der Waals surface area contributed by atoms with Gasteiger partial charge in [-0.05, 0) is 30.2 Å². The molecule has 100 valence electrons. The summed E-state index contributed by atoms with van der Waals surface area (Å²) in [5.41, 5.74) is 2.77. The van der Waals surface area contributed by atoms with Crippen LogP contribution in [0, 0.1) is 18.3 Å². The number of ether oxygens (including phenoxy) is 1. The van der Waals surface area contributed by atoms with Crippen molar-refractivity contribution < 1.29 is 9.53 Å². The van der Waals surface area contributed by atoms with Gasteiger partial charge in [0.15, 0.2) is 0 Å². The summed E-state index contributed by atoms with van der Waals surface area (Å²) in [6.07, 6.45) is -0.535. The Hall–Kier alpha value is -2.80. The first kappa shape index (κ1) is 13.6. The fraction of sp³-hybridized carbons (Fsp3) is 0.125. The zero-order chi connectivity index (χ0) is 14.4. The molecular formula is C16H14N2O2. The largest absolute Gasteiger partial charge is 0.444 e. The van der Waals surface area contributed by atoms with Crippen LogP contribution in [0.4, 0.5) is 10.5 Å². The average Bonchev–Trinajstić information content (AvgIpc) is 2.48. The van der Waals surface area contributed by atoms with E-state index < -0.39 is 6.09 Å². The van der Waals surface area contributed by atoms with E-state index >= 15 is 0 Å². The molecule has 0 bridgehead atoms. The van der Waals surface area contributed by atoms with E-state index in [1.165, 1.54) is 0 Å². The Morgan fingerprint density at radius 1 is 1.20 bits per heavy atom. The molecule has 4 nitrogen and oxygen atoms in total. The van der Waals surface area contributed by atoms with Crippen LogP contribution in [0.3, 0.4) is 0 Å². The molecule has 0 atom stereocenters. The Morgan fingerprint density at radius 2 is 1.95 bits per heavy atom. The molecule has 0 radical (unpaired) electrons. The molecular weight excluding hydrogens is 252 g/mol. The number of benzene rings is 2. The third kappa shape index (κ3) is 3.36. The highest BCUT2D eigenvalue weighted by Gasteiger charge is 2.08. The Kier molecular flexibility index (Phi) is 4.35. The summed E-state index contributed by atoms with van der Waals surface area (Å²) >= 11 is 0. The molecule has 2 aromatic carbocycles. The van der Waals surface area contributed by atoms with E-state index in [2.05, 4.69) is 11.4 Å². The molecule has 2 aromatic rings. The number of carbonyl (C=O) groups excluding carboxylic acids is 1. The van der Waals surface area contributed by atoms with Crippen LogP contribution in [-0.4, -0.2) is 6.09 Å². The number of hydrogen-bond donors (Lipinski definition) is 1. The lowest BCUT2D eigenvalue weighted by atomic mass is 10.1. The highest BCUT2D eigenvalue weighted by molar-refractivity contribution is 5.86. The Bertz CT molecular complexity index is 645. The number of anilines is 1. The van der Waals surface area contributed by atoms with Gasteiger partial charge in [0.1, 0.15) is 6.61 Å². The number of amides is 1. The van der Waals surface area contributed by atoms with E-state index in [1.807, 2.05) is 30.3 Å². The molecule has 4 heteroatoms. The van der Waals surface area contributed by atoms with Crippen LogP contribution in [0.2, 0.25) is 0 Å². The van der Waals surface area contributed by atoms with Crippen LogP contribution in [0.5, 0.6) is 0 Å². The molecule has 0 heterocycles. The summed E-state index contributed by atoms with van der Waals surface area (Å²) in [7, 11) is 0. The summed E-state index contributed by atoms with van der Waals surface area (Å²) in [6, 6.07) is 16.7. The lowest BCUT2D eigenvalue weighted by Gasteiger charge is -2.10. The van der Waals surface area contributed by atoms with E-state index in [0.29, 0.717) is 11.3 Å². The van der Waals surface area contributed by atoms with Crippen LogP contribution < -0.4 is 5.32 Å². The number of rotatable bonds is 3. The molecule has 0 aliphatic carbocycles. The second kappa shape index (κ2) is 6.39. The van der Waals surface area contributed by atoms with Crippen LogP contribution in [0.15, 0.2) is 48.5 Å². The van der Waals surface area contributed by atoms with E-state index in [-0.39, 0.29) is 6.61 Å². The quantitative estimate of drug-likeness (QED) is 0.923. The van der Waals surface area contributed by atoms with Gasteiger partial charge in [-0.3, -0.25) is 5.32 Å². The van der Waals surface area contributed by atoms with E-state index in [1.54, 1.807) is 25.1 Å². The van der Waals surface area contributed by atoms with Gasteiger partial charge in [0, 0.05) is 5.69 Å². The zero-order valence-electron chi connectivity index (χ0n) is 11.1. The first-order chi connectivity index (χ1) is 9.70. The minimum Gasteiger partial charge on any atom is -0.444 e. The lowest BCUT2D eigenvalue weighted by Crippen LogP contribution is -2.14. The van der Waals surface area contributed by atoms with Gasteiger partial charge >= 0.3 is 6.09 Å². The molecule has 0 unspecified atom stereocenters. The van der Waals surface area contributed by atoms with Crippen LogP contribution in [0.25, 0.3) is 0 Å². The Morgan fingerprint density at radius 3 is 2.65 bits per heavy atom. The summed E-state index contributed by atoms with van der Waals surface area (Å²) in [6.45, 7) is 2.00. The second-order valence-electron chi connectivity index (χ2n) is 4.28. The molecule has 0 saturated carbocycles. The summed E-state index contributed by atoms with van der Waals surface area (Å²) in [5, 5.41) is 11.6. The van der Waals surface area contributed by atoms with Crippen molar-refractivity contribution in [1.82, 2.24) is 0 Å². The van der Waals surface area contributed by atoms with E-state index in [4.69, 9.17) is 10.00 Å². The molecule has 0 aromatic heterocycles. The normalized spacial score (nSPS) is 9.60. The van der Waals surface area contributed by atoms with Gasteiger partial charge < -0.3 is 4.74 Å². The molecule has 1 N–H and O–H groups in total. The minimum absolute atomic E-state index is 0.212.